The number of nitrogens with zero attached hydrogens (tertiary/aromatic N) is 4. The molecule has 1 saturated carbocycles. The number of pyridine rings is 2. The third kappa shape index (κ3) is 4.72. The molecule has 2 N–H and O–H groups in total. The predicted molar refractivity (Wildman–Crippen MR) is 147 cm³/mol. The highest BCUT2D eigenvalue weighted by Gasteiger charge is 2.31. The summed E-state index contributed by atoms with van der Waals surface area (Å²) in [6.07, 6.45) is 8.72. The Morgan fingerprint density at radius 2 is 1.84 bits per heavy atom. The van der Waals surface area contributed by atoms with Crippen molar-refractivity contribution in [2.45, 2.75) is 104 Å². The summed E-state index contributed by atoms with van der Waals surface area (Å²) >= 11 is 0. The van der Waals surface area contributed by atoms with Crippen molar-refractivity contribution in [1.29, 1.82) is 0 Å². The Bertz CT molecular complexity index is 1460. The standard InChI is InChI=1S/C30H39F2N5O/c1-16(2)24-25-22(36-28(24)21-14-37-29(34-15-35-37)18(4)17(21)3)13-33-27(26(25)32)20-10-7-19(8-11-20)9-12-23(31)30(5,6)38/h13-16,19-20,23,36,38H,7-12H2,1-6H3/t19?,20?,23-/m1/s1. The van der Waals surface area contributed by atoms with Crippen molar-refractivity contribution in [1.82, 2.24) is 24.6 Å². The van der Waals surface area contributed by atoms with Gasteiger partial charge in [-0.25, -0.2) is 18.3 Å². The van der Waals surface area contributed by atoms with Crippen LogP contribution in [-0.4, -0.2) is 41.4 Å². The fraction of sp³-hybridized carbons (Fsp3) is 0.567. The smallest absolute Gasteiger partial charge is 0.158 e. The first-order chi connectivity index (χ1) is 18.0. The second-order valence-electron chi connectivity index (χ2n) is 12.1. The molecule has 1 atom stereocenters. The Morgan fingerprint density at radius 1 is 1.13 bits per heavy atom. The number of aliphatic hydroxyl groups is 1. The maximum atomic E-state index is 16.3. The quantitative estimate of drug-likeness (QED) is 0.266. The molecular weight excluding hydrogens is 484 g/mol. The van der Waals surface area contributed by atoms with Crippen molar-refractivity contribution < 1.29 is 13.9 Å². The minimum absolute atomic E-state index is 0.0555. The number of rotatable bonds is 7. The summed E-state index contributed by atoms with van der Waals surface area (Å²) in [4.78, 5) is 12.5. The third-order valence-corrected chi connectivity index (χ3v) is 8.65. The van der Waals surface area contributed by atoms with Gasteiger partial charge in [0.1, 0.15) is 12.5 Å². The summed E-state index contributed by atoms with van der Waals surface area (Å²) in [6.45, 7) is 11.3. The lowest BCUT2D eigenvalue weighted by Gasteiger charge is -2.30. The summed E-state index contributed by atoms with van der Waals surface area (Å²) < 4.78 is 32.3. The molecule has 204 valence electrons. The molecule has 38 heavy (non-hydrogen) atoms. The molecule has 1 aliphatic rings. The first-order valence-corrected chi connectivity index (χ1v) is 13.8. The molecule has 1 aliphatic carbocycles. The van der Waals surface area contributed by atoms with Gasteiger partial charge in [0.15, 0.2) is 11.5 Å². The second-order valence-corrected chi connectivity index (χ2v) is 12.1. The number of aromatic amines is 1. The average Bonchev–Trinajstić information content (AvgIpc) is 3.50. The van der Waals surface area contributed by atoms with Crippen LogP contribution in [0.1, 0.15) is 100 Å². The van der Waals surface area contributed by atoms with Gasteiger partial charge in [0.05, 0.1) is 28.7 Å². The first kappa shape index (κ1) is 26.7. The van der Waals surface area contributed by atoms with Gasteiger partial charge in [-0.15, -0.1) is 0 Å². The van der Waals surface area contributed by atoms with Crippen molar-refractivity contribution in [3.8, 4) is 11.3 Å². The molecule has 0 spiro atoms. The van der Waals surface area contributed by atoms with Crippen molar-refractivity contribution >= 4 is 16.6 Å². The van der Waals surface area contributed by atoms with Gasteiger partial charge < -0.3 is 10.1 Å². The molecule has 4 heterocycles. The zero-order valence-corrected chi connectivity index (χ0v) is 23.3. The summed E-state index contributed by atoms with van der Waals surface area (Å²) in [5.74, 6) is 0.329. The van der Waals surface area contributed by atoms with Gasteiger partial charge in [0.2, 0.25) is 0 Å². The van der Waals surface area contributed by atoms with Crippen molar-refractivity contribution in [2.24, 2.45) is 5.92 Å². The van der Waals surface area contributed by atoms with E-state index >= 15 is 4.39 Å². The lowest BCUT2D eigenvalue weighted by atomic mass is 9.77. The molecule has 6 nitrogen and oxygen atoms in total. The highest BCUT2D eigenvalue weighted by molar-refractivity contribution is 5.92. The fourth-order valence-electron chi connectivity index (χ4n) is 6.17. The number of H-pyrrole nitrogens is 1. The zero-order chi connectivity index (χ0) is 27.4. The van der Waals surface area contributed by atoms with E-state index < -0.39 is 11.8 Å². The number of hydrogen-bond acceptors (Lipinski definition) is 4. The highest BCUT2D eigenvalue weighted by atomic mass is 19.1. The minimum atomic E-state index is -1.30. The molecule has 4 aromatic rings. The maximum absolute atomic E-state index is 16.3. The largest absolute Gasteiger partial charge is 0.387 e. The maximum Gasteiger partial charge on any atom is 0.158 e. The van der Waals surface area contributed by atoms with Crippen LogP contribution in [0.15, 0.2) is 18.7 Å². The van der Waals surface area contributed by atoms with Crippen LogP contribution < -0.4 is 0 Å². The van der Waals surface area contributed by atoms with Crippen molar-refractivity contribution in [3.05, 3.63) is 46.9 Å². The van der Waals surface area contributed by atoms with Crippen LogP contribution in [0.5, 0.6) is 0 Å². The minimum Gasteiger partial charge on any atom is -0.387 e. The number of nitrogens with one attached hydrogen (secondary N) is 1. The molecule has 4 aromatic heterocycles. The third-order valence-electron chi connectivity index (χ3n) is 8.65. The highest BCUT2D eigenvalue weighted by Crippen LogP contribution is 2.43. The van der Waals surface area contributed by atoms with E-state index in [0.717, 1.165) is 65.7 Å². The lowest BCUT2D eigenvalue weighted by Crippen LogP contribution is -2.33. The van der Waals surface area contributed by atoms with Gasteiger partial charge in [0.25, 0.3) is 0 Å². The van der Waals surface area contributed by atoms with Gasteiger partial charge >= 0.3 is 0 Å². The van der Waals surface area contributed by atoms with Crippen molar-refractivity contribution in [3.63, 3.8) is 0 Å². The number of fused-ring (bicyclic) bond motifs is 2. The summed E-state index contributed by atoms with van der Waals surface area (Å²) in [7, 11) is 0. The topological polar surface area (TPSA) is 79.1 Å². The molecular formula is C30H39F2N5O. The van der Waals surface area contributed by atoms with Gasteiger partial charge in [0, 0.05) is 23.1 Å². The second kappa shape index (κ2) is 10.0. The number of hydrogen-bond donors (Lipinski definition) is 2. The summed E-state index contributed by atoms with van der Waals surface area (Å²) in [5, 5.41) is 14.9. The van der Waals surface area contributed by atoms with E-state index in [1.54, 1.807) is 17.0 Å². The van der Waals surface area contributed by atoms with Crippen LogP contribution in [0, 0.1) is 25.6 Å². The van der Waals surface area contributed by atoms with E-state index in [1.807, 2.05) is 13.1 Å². The molecule has 8 heteroatoms. The van der Waals surface area contributed by atoms with Crippen LogP contribution in [0.2, 0.25) is 0 Å². The molecule has 0 radical (unpaired) electrons. The number of halogens is 2. The zero-order valence-electron chi connectivity index (χ0n) is 23.3. The van der Waals surface area contributed by atoms with E-state index in [0.29, 0.717) is 28.9 Å². The molecule has 0 aliphatic heterocycles. The lowest BCUT2D eigenvalue weighted by molar-refractivity contribution is -0.00978. The predicted octanol–water partition coefficient (Wildman–Crippen LogP) is 7.31. The summed E-state index contributed by atoms with van der Waals surface area (Å²) in [5.41, 5.74) is 5.75. The van der Waals surface area contributed by atoms with Gasteiger partial charge in [-0.05, 0) is 94.7 Å². The van der Waals surface area contributed by atoms with E-state index in [2.05, 4.69) is 40.8 Å². The van der Waals surface area contributed by atoms with E-state index in [9.17, 15) is 9.50 Å². The Labute approximate surface area is 222 Å². The van der Waals surface area contributed by atoms with E-state index in [1.165, 1.54) is 13.8 Å². The molecule has 0 amide bonds. The number of aryl methyl sites for hydroxylation is 1. The molecule has 0 bridgehead atoms. The Morgan fingerprint density at radius 3 is 2.50 bits per heavy atom. The first-order valence-electron chi connectivity index (χ1n) is 13.8. The fourth-order valence-corrected chi connectivity index (χ4v) is 6.17. The Balaban J connectivity index is 1.45. The van der Waals surface area contributed by atoms with Gasteiger partial charge in [-0.3, -0.25) is 4.98 Å². The van der Waals surface area contributed by atoms with Crippen LogP contribution >= 0.6 is 0 Å². The summed E-state index contributed by atoms with van der Waals surface area (Å²) in [6, 6.07) is 0. The van der Waals surface area contributed by atoms with Gasteiger partial charge in [-0.1, -0.05) is 13.8 Å². The Kier molecular flexibility index (Phi) is 7.05. The molecule has 0 unspecified atom stereocenters. The molecule has 0 saturated heterocycles. The molecule has 1 fully saturated rings. The van der Waals surface area contributed by atoms with Crippen LogP contribution in [0.3, 0.4) is 0 Å². The Hall–Kier alpha value is -2.87. The number of aromatic nitrogens is 5. The molecule has 0 aromatic carbocycles. The van der Waals surface area contributed by atoms with E-state index in [4.69, 9.17) is 0 Å². The molecule has 5 rings (SSSR count). The van der Waals surface area contributed by atoms with Crippen molar-refractivity contribution in [2.75, 3.05) is 0 Å². The van der Waals surface area contributed by atoms with Crippen LogP contribution in [-0.2, 0) is 0 Å². The normalized spacial score (nSPS) is 19.6. The SMILES string of the molecule is Cc1c(-c2[nH]c3cnc(C4CCC(CC[C@@H](F)C(C)(C)O)CC4)c(F)c3c2C(C)C)cn2ncnc2c1C. The monoisotopic (exact) mass is 523 g/mol. The number of alkyl halides is 1. The van der Waals surface area contributed by atoms with E-state index in [-0.39, 0.29) is 17.7 Å². The van der Waals surface area contributed by atoms with Crippen LogP contribution in [0.25, 0.3) is 27.8 Å². The van der Waals surface area contributed by atoms with Gasteiger partial charge in [-0.2, -0.15) is 5.10 Å². The average molecular weight is 524 g/mol. The van der Waals surface area contributed by atoms with Crippen LogP contribution in [0.4, 0.5) is 8.78 Å².